The summed E-state index contributed by atoms with van der Waals surface area (Å²) in [7, 11) is 0. The maximum absolute atomic E-state index is 14.1. The molecule has 1 nitrogen and oxygen atoms in total. The lowest BCUT2D eigenvalue weighted by molar-refractivity contribution is 0.570. The van der Waals surface area contributed by atoms with E-state index < -0.39 is 11.6 Å². The Morgan fingerprint density at radius 3 is 2.40 bits per heavy atom. The SMILES string of the molecule is Cc1ccc(F)c(NC(c2ccccc2)C2CC2)c1F. The van der Waals surface area contributed by atoms with E-state index in [9.17, 15) is 8.78 Å². The van der Waals surface area contributed by atoms with Gasteiger partial charge in [0.2, 0.25) is 0 Å². The summed E-state index contributed by atoms with van der Waals surface area (Å²) in [5, 5.41) is 3.08. The monoisotopic (exact) mass is 273 g/mol. The Kier molecular flexibility index (Phi) is 3.43. The third kappa shape index (κ3) is 2.53. The molecule has 1 atom stereocenters. The fourth-order valence-electron chi connectivity index (χ4n) is 2.51. The third-order valence-electron chi connectivity index (χ3n) is 3.84. The minimum Gasteiger partial charge on any atom is -0.373 e. The number of aryl methyl sites for hydroxylation is 1. The molecule has 1 saturated carbocycles. The van der Waals surface area contributed by atoms with Gasteiger partial charge in [-0.1, -0.05) is 36.4 Å². The Hall–Kier alpha value is -1.90. The van der Waals surface area contributed by atoms with Crippen LogP contribution >= 0.6 is 0 Å². The van der Waals surface area contributed by atoms with Crippen LogP contribution in [0.1, 0.15) is 30.0 Å². The zero-order valence-corrected chi connectivity index (χ0v) is 11.4. The molecular weight excluding hydrogens is 256 g/mol. The van der Waals surface area contributed by atoms with Crippen molar-refractivity contribution in [3.8, 4) is 0 Å². The van der Waals surface area contributed by atoms with Gasteiger partial charge >= 0.3 is 0 Å². The molecule has 1 aliphatic rings. The van der Waals surface area contributed by atoms with Gasteiger partial charge in [0.05, 0.1) is 6.04 Å². The lowest BCUT2D eigenvalue weighted by atomic mass is 10.0. The summed E-state index contributed by atoms with van der Waals surface area (Å²) >= 11 is 0. The minimum absolute atomic E-state index is 0.00856. The zero-order chi connectivity index (χ0) is 14.1. The van der Waals surface area contributed by atoms with E-state index in [2.05, 4.69) is 5.32 Å². The molecule has 1 aliphatic carbocycles. The van der Waals surface area contributed by atoms with Crippen LogP contribution in [0.15, 0.2) is 42.5 Å². The molecule has 3 rings (SSSR count). The third-order valence-corrected chi connectivity index (χ3v) is 3.84. The molecule has 1 N–H and O–H groups in total. The van der Waals surface area contributed by atoms with Gasteiger partial charge in [-0.3, -0.25) is 0 Å². The van der Waals surface area contributed by atoms with Crippen LogP contribution in [0.25, 0.3) is 0 Å². The number of halogens is 2. The van der Waals surface area contributed by atoms with Crippen LogP contribution in [-0.2, 0) is 0 Å². The lowest BCUT2D eigenvalue weighted by Gasteiger charge is -2.21. The van der Waals surface area contributed by atoms with Crippen molar-refractivity contribution >= 4 is 5.69 Å². The van der Waals surface area contributed by atoms with Crippen molar-refractivity contribution < 1.29 is 8.78 Å². The largest absolute Gasteiger partial charge is 0.373 e. The zero-order valence-electron chi connectivity index (χ0n) is 11.4. The van der Waals surface area contributed by atoms with Crippen LogP contribution in [0.5, 0.6) is 0 Å². The number of hydrogen-bond donors (Lipinski definition) is 1. The quantitative estimate of drug-likeness (QED) is 0.840. The number of anilines is 1. The van der Waals surface area contributed by atoms with Gasteiger partial charge < -0.3 is 5.32 Å². The summed E-state index contributed by atoms with van der Waals surface area (Å²) in [4.78, 5) is 0. The molecule has 0 amide bonds. The highest BCUT2D eigenvalue weighted by Gasteiger charge is 2.33. The van der Waals surface area contributed by atoms with Crippen LogP contribution in [0.3, 0.4) is 0 Å². The van der Waals surface area contributed by atoms with E-state index in [1.54, 1.807) is 6.92 Å². The van der Waals surface area contributed by atoms with Gasteiger partial charge in [0.25, 0.3) is 0 Å². The number of hydrogen-bond acceptors (Lipinski definition) is 1. The van der Waals surface area contributed by atoms with Crippen LogP contribution in [0, 0.1) is 24.5 Å². The van der Waals surface area contributed by atoms with Crippen molar-refractivity contribution in [2.24, 2.45) is 5.92 Å². The first-order chi connectivity index (χ1) is 9.66. The van der Waals surface area contributed by atoms with Gasteiger partial charge in [0.1, 0.15) is 11.5 Å². The number of nitrogens with one attached hydrogen (secondary N) is 1. The molecule has 0 aliphatic heterocycles. The topological polar surface area (TPSA) is 12.0 Å². The van der Waals surface area contributed by atoms with Gasteiger partial charge in [-0.2, -0.15) is 0 Å². The molecule has 0 saturated heterocycles. The standard InChI is InChI=1S/C17H17F2N/c1-11-7-10-14(18)17(15(11)19)20-16(13-8-9-13)12-5-3-2-4-6-12/h2-7,10,13,16,20H,8-9H2,1H3. The smallest absolute Gasteiger partial charge is 0.152 e. The van der Waals surface area contributed by atoms with Crippen LogP contribution < -0.4 is 5.32 Å². The van der Waals surface area contributed by atoms with Crippen LogP contribution in [-0.4, -0.2) is 0 Å². The van der Waals surface area contributed by atoms with Gasteiger partial charge in [-0.15, -0.1) is 0 Å². The summed E-state index contributed by atoms with van der Waals surface area (Å²) < 4.78 is 28.0. The second-order valence-electron chi connectivity index (χ2n) is 5.42. The van der Waals surface area contributed by atoms with Crippen molar-refractivity contribution in [3.63, 3.8) is 0 Å². The van der Waals surface area contributed by atoms with E-state index in [-0.39, 0.29) is 11.7 Å². The van der Waals surface area contributed by atoms with Gasteiger partial charge in [0, 0.05) is 0 Å². The lowest BCUT2D eigenvalue weighted by Crippen LogP contribution is -2.15. The maximum atomic E-state index is 14.1. The van der Waals surface area contributed by atoms with Crippen molar-refractivity contribution in [2.45, 2.75) is 25.8 Å². The number of rotatable bonds is 4. The molecule has 0 aromatic heterocycles. The molecule has 1 fully saturated rings. The molecule has 0 spiro atoms. The highest BCUT2D eigenvalue weighted by Crippen LogP contribution is 2.43. The minimum atomic E-state index is -0.533. The Bertz CT molecular complexity index is 606. The summed E-state index contributed by atoms with van der Waals surface area (Å²) in [6, 6.07) is 12.6. The highest BCUT2D eigenvalue weighted by atomic mass is 19.1. The summed E-state index contributed by atoms with van der Waals surface area (Å²) in [5.41, 5.74) is 1.53. The molecule has 2 aromatic rings. The second kappa shape index (κ2) is 5.23. The van der Waals surface area contributed by atoms with E-state index in [1.807, 2.05) is 30.3 Å². The molecule has 1 unspecified atom stereocenters. The first-order valence-corrected chi connectivity index (χ1v) is 6.93. The predicted octanol–water partition coefficient (Wildman–Crippen LogP) is 4.84. The molecular formula is C17H17F2N. The van der Waals surface area contributed by atoms with Crippen molar-refractivity contribution in [1.29, 1.82) is 0 Å². The second-order valence-corrected chi connectivity index (χ2v) is 5.42. The molecule has 20 heavy (non-hydrogen) atoms. The molecule has 3 heteroatoms. The van der Waals surface area contributed by atoms with Crippen molar-refractivity contribution in [2.75, 3.05) is 5.32 Å². The van der Waals surface area contributed by atoms with E-state index >= 15 is 0 Å². The van der Waals surface area contributed by atoms with E-state index in [1.165, 1.54) is 12.1 Å². The Morgan fingerprint density at radius 2 is 1.75 bits per heavy atom. The van der Waals surface area contributed by atoms with Crippen molar-refractivity contribution in [3.05, 3.63) is 65.2 Å². The van der Waals surface area contributed by atoms with Gasteiger partial charge in [0.15, 0.2) is 5.82 Å². The van der Waals surface area contributed by atoms with Crippen molar-refractivity contribution in [1.82, 2.24) is 0 Å². The summed E-state index contributed by atoms with van der Waals surface area (Å²) in [5.74, 6) is -0.571. The highest BCUT2D eigenvalue weighted by molar-refractivity contribution is 5.51. The van der Waals surface area contributed by atoms with E-state index in [4.69, 9.17) is 0 Å². The number of benzene rings is 2. The van der Waals surface area contributed by atoms with Gasteiger partial charge in [-0.05, 0) is 42.9 Å². The van der Waals surface area contributed by atoms with Gasteiger partial charge in [-0.25, -0.2) is 8.78 Å². The molecule has 0 bridgehead atoms. The molecule has 2 aromatic carbocycles. The summed E-state index contributed by atoms with van der Waals surface area (Å²) in [6.45, 7) is 1.65. The molecule has 104 valence electrons. The van der Waals surface area contributed by atoms with Crippen LogP contribution in [0.2, 0.25) is 0 Å². The Labute approximate surface area is 117 Å². The summed E-state index contributed by atoms with van der Waals surface area (Å²) in [6.07, 6.45) is 2.20. The van der Waals surface area contributed by atoms with E-state index in [0.717, 1.165) is 18.4 Å². The first kappa shape index (κ1) is 13.1. The average Bonchev–Trinajstić information content (AvgIpc) is 3.29. The molecule has 0 radical (unpaired) electrons. The fourth-order valence-corrected chi connectivity index (χ4v) is 2.51. The maximum Gasteiger partial charge on any atom is 0.152 e. The fraction of sp³-hybridized carbons (Fsp3) is 0.294. The first-order valence-electron chi connectivity index (χ1n) is 6.93. The van der Waals surface area contributed by atoms with Crippen LogP contribution in [0.4, 0.5) is 14.5 Å². The average molecular weight is 273 g/mol. The Balaban J connectivity index is 1.94. The predicted molar refractivity (Wildman–Crippen MR) is 76.6 cm³/mol. The normalized spacial score (nSPS) is 15.9. The Morgan fingerprint density at radius 1 is 1.05 bits per heavy atom. The molecule has 0 heterocycles. The van der Waals surface area contributed by atoms with E-state index in [0.29, 0.717) is 11.5 Å².